The molecule has 1 aliphatic carbocycles. The molecule has 1 rings (SSSR count). The van der Waals surface area contributed by atoms with Crippen LogP contribution in [0.3, 0.4) is 0 Å². The second kappa shape index (κ2) is 7.19. The highest BCUT2D eigenvalue weighted by Crippen LogP contribution is 2.27. The molecule has 0 heterocycles. The van der Waals surface area contributed by atoms with Gasteiger partial charge in [0.25, 0.3) is 0 Å². The molecule has 102 valence electrons. The van der Waals surface area contributed by atoms with Gasteiger partial charge >= 0.3 is 5.97 Å². The zero-order valence-electron chi connectivity index (χ0n) is 11.2. The fraction of sp³-hybridized carbons (Fsp3) is 0.714. The monoisotopic (exact) mass is 253 g/mol. The molecule has 0 bridgehead atoms. The Morgan fingerprint density at radius 2 is 1.94 bits per heavy atom. The number of hydrogen-bond acceptors (Lipinski definition) is 2. The summed E-state index contributed by atoms with van der Waals surface area (Å²) in [5.41, 5.74) is 1.06. The Labute approximate surface area is 108 Å². The predicted octanol–water partition coefficient (Wildman–Crippen LogP) is 2.49. The summed E-state index contributed by atoms with van der Waals surface area (Å²) in [6.45, 7) is 3.83. The second-order valence-electron chi connectivity index (χ2n) is 5.33. The maximum atomic E-state index is 11.8. The van der Waals surface area contributed by atoms with Crippen LogP contribution in [0.1, 0.15) is 52.4 Å². The number of rotatable bonds is 6. The third-order valence-corrected chi connectivity index (χ3v) is 3.34. The average molecular weight is 253 g/mol. The van der Waals surface area contributed by atoms with E-state index in [1.165, 1.54) is 12.8 Å². The number of carbonyl (C=O) groups excluding carboxylic acids is 1. The van der Waals surface area contributed by atoms with Gasteiger partial charge in [0.15, 0.2) is 0 Å². The fourth-order valence-electron chi connectivity index (χ4n) is 2.30. The van der Waals surface area contributed by atoms with E-state index in [9.17, 15) is 9.59 Å². The molecular weight excluding hydrogens is 230 g/mol. The molecule has 4 nitrogen and oxygen atoms in total. The van der Waals surface area contributed by atoms with E-state index in [-0.39, 0.29) is 5.91 Å². The Balaban J connectivity index is 2.41. The van der Waals surface area contributed by atoms with Crippen molar-refractivity contribution in [3.05, 3.63) is 11.6 Å². The Bertz CT molecular complexity index is 326. The Morgan fingerprint density at radius 1 is 1.33 bits per heavy atom. The summed E-state index contributed by atoms with van der Waals surface area (Å²) in [4.78, 5) is 22.8. The van der Waals surface area contributed by atoms with Crippen molar-refractivity contribution < 1.29 is 14.7 Å². The molecule has 2 N–H and O–H groups in total. The third-order valence-electron chi connectivity index (χ3n) is 3.34. The number of carboxylic acids is 1. The van der Waals surface area contributed by atoms with Crippen LogP contribution in [0.4, 0.5) is 0 Å². The van der Waals surface area contributed by atoms with Crippen molar-refractivity contribution >= 4 is 11.9 Å². The van der Waals surface area contributed by atoms with Crippen LogP contribution in [-0.2, 0) is 9.59 Å². The zero-order chi connectivity index (χ0) is 13.5. The molecule has 0 unspecified atom stereocenters. The first-order valence-corrected chi connectivity index (χ1v) is 6.64. The smallest absolute Gasteiger partial charge is 0.326 e. The van der Waals surface area contributed by atoms with E-state index >= 15 is 0 Å². The van der Waals surface area contributed by atoms with Gasteiger partial charge in [-0.1, -0.05) is 24.5 Å². The minimum atomic E-state index is -0.965. The van der Waals surface area contributed by atoms with Gasteiger partial charge in [-0.05, 0) is 39.0 Å². The molecule has 0 saturated heterocycles. The third kappa shape index (κ3) is 5.34. The zero-order valence-corrected chi connectivity index (χ0v) is 11.2. The van der Waals surface area contributed by atoms with Gasteiger partial charge < -0.3 is 10.4 Å². The SMILES string of the molecule is CC(C)=CC[C@@H](NC(=O)CC1CCCC1)C(=O)O. The van der Waals surface area contributed by atoms with Crippen molar-refractivity contribution in [3.8, 4) is 0 Å². The lowest BCUT2D eigenvalue weighted by atomic mass is 10.0. The second-order valence-corrected chi connectivity index (χ2v) is 5.33. The van der Waals surface area contributed by atoms with Gasteiger partial charge in [-0.3, -0.25) is 4.79 Å². The van der Waals surface area contributed by atoms with Gasteiger partial charge in [-0.15, -0.1) is 0 Å². The van der Waals surface area contributed by atoms with Crippen molar-refractivity contribution in [1.29, 1.82) is 0 Å². The molecule has 4 heteroatoms. The summed E-state index contributed by atoms with van der Waals surface area (Å²) in [5.74, 6) is -0.647. The highest BCUT2D eigenvalue weighted by atomic mass is 16.4. The van der Waals surface area contributed by atoms with E-state index in [0.29, 0.717) is 18.8 Å². The van der Waals surface area contributed by atoms with Crippen molar-refractivity contribution in [2.75, 3.05) is 0 Å². The van der Waals surface area contributed by atoms with Gasteiger partial charge in [-0.25, -0.2) is 4.79 Å². The Morgan fingerprint density at radius 3 is 2.44 bits per heavy atom. The molecule has 1 atom stereocenters. The van der Waals surface area contributed by atoms with Gasteiger partial charge in [0.2, 0.25) is 5.91 Å². The van der Waals surface area contributed by atoms with Crippen LogP contribution < -0.4 is 5.32 Å². The normalized spacial score (nSPS) is 17.2. The van der Waals surface area contributed by atoms with Gasteiger partial charge in [0.1, 0.15) is 6.04 Å². The van der Waals surface area contributed by atoms with E-state index in [4.69, 9.17) is 5.11 Å². The van der Waals surface area contributed by atoms with Crippen LogP contribution in [0.5, 0.6) is 0 Å². The molecule has 1 aliphatic rings. The summed E-state index contributed by atoms with van der Waals surface area (Å²) >= 11 is 0. The van der Waals surface area contributed by atoms with Gasteiger partial charge in [-0.2, -0.15) is 0 Å². The molecule has 0 spiro atoms. The van der Waals surface area contributed by atoms with Crippen molar-refractivity contribution in [3.63, 3.8) is 0 Å². The molecule has 0 radical (unpaired) electrons. The molecule has 0 aromatic heterocycles. The van der Waals surface area contributed by atoms with E-state index in [1.807, 2.05) is 19.9 Å². The molecule has 1 fully saturated rings. The minimum absolute atomic E-state index is 0.128. The van der Waals surface area contributed by atoms with E-state index in [0.717, 1.165) is 18.4 Å². The molecule has 1 saturated carbocycles. The lowest BCUT2D eigenvalue weighted by molar-refractivity contribution is -0.141. The number of nitrogens with one attached hydrogen (secondary N) is 1. The predicted molar refractivity (Wildman–Crippen MR) is 70.2 cm³/mol. The molecular formula is C14H23NO3. The van der Waals surface area contributed by atoms with Gasteiger partial charge in [0, 0.05) is 6.42 Å². The number of aliphatic carboxylic acids is 1. The number of allylic oxidation sites excluding steroid dienone is 1. The first kappa shape index (κ1) is 14.7. The van der Waals surface area contributed by atoms with E-state index in [1.54, 1.807) is 0 Å². The number of hydrogen-bond donors (Lipinski definition) is 2. The quantitative estimate of drug-likeness (QED) is 0.715. The van der Waals surface area contributed by atoms with Crippen molar-refractivity contribution in [2.24, 2.45) is 5.92 Å². The van der Waals surface area contributed by atoms with Crippen LogP contribution in [-0.4, -0.2) is 23.0 Å². The van der Waals surface area contributed by atoms with E-state index < -0.39 is 12.0 Å². The summed E-state index contributed by atoms with van der Waals surface area (Å²) in [6.07, 6.45) is 7.25. The maximum Gasteiger partial charge on any atom is 0.326 e. The van der Waals surface area contributed by atoms with Crippen LogP contribution in [0.15, 0.2) is 11.6 Å². The highest BCUT2D eigenvalue weighted by Gasteiger charge is 2.22. The molecule has 0 aromatic rings. The topological polar surface area (TPSA) is 66.4 Å². The first-order chi connectivity index (χ1) is 8.49. The summed E-state index contributed by atoms with van der Waals surface area (Å²) in [5, 5.41) is 11.7. The van der Waals surface area contributed by atoms with Crippen LogP contribution in [0, 0.1) is 5.92 Å². The lowest BCUT2D eigenvalue weighted by Gasteiger charge is -2.15. The lowest BCUT2D eigenvalue weighted by Crippen LogP contribution is -2.41. The first-order valence-electron chi connectivity index (χ1n) is 6.64. The Hall–Kier alpha value is -1.32. The molecule has 1 amide bonds. The standard InChI is InChI=1S/C14H23NO3/c1-10(2)7-8-12(14(17)18)15-13(16)9-11-5-3-4-6-11/h7,11-12H,3-6,8-9H2,1-2H3,(H,15,16)(H,17,18)/t12-/m1/s1. The number of carboxylic acid groups (broad SMARTS) is 1. The molecule has 0 aromatic carbocycles. The number of carbonyl (C=O) groups is 2. The summed E-state index contributed by atoms with van der Waals surface area (Å²) in [7, 11) is 0. The van der Waals surface area contributed by atoms with Crippen LogP contribution in [0.25, 0.3) is 0 Å². The summed E-state index contributed by atoms with van der Waals surface area (Å²) in [6, 6.07) is -0.797. The number of amides is 1. The highest BCUT2D eigenvalue weighted by molar-refractivity contribution is 5.83. The van der Waals surface area contributed by atoms with E-state index in [2.05, 4.69) is 5.32 Å². The van der Waals surface area contributed by atoms with Crippen molar-refractivity contribution in [2.45, 2.75) is 58.4 Å². The van der Waals surface area contributed by atoms with Gasteiger partial charge in [0.05, 0.1) is 0 Å². The van der Waals surface area contributed by atoms with Crippen LogP contribution in [0.2, 0.25) is 0 Å². The fourth-order valence-corrected chi connectivity index (χ4v) is 2.30. The minimum Gasteiger partial charge on any atom is -0.480 e. The largest absolute Gasteiger partial charge is 0.480 e. The average Bonchev–Trinajstić information content (AvgIpc) is 2.76. The Kier molecular flexibility index (Phi) is 5.89. The van der Waals surface area contributed by atoms with Crippen LogP contribution >= 0.6 is 0 Å². The molecule has 18 heavy (non-hydrogen) atoms. The molecule has 0 aliphatic heterocycles. The summed E-state index contributed by atoms with van der Waals surface area (Å²) < 4.78 is 0. The maximum absolute atomic E-state index is 11.8. The van der Waals surface area contributed by atoms with Crippen molar-refractivity contribution in [1.82, 2.24) is 5.32 Å².